The van der Waals surface area contributed by atoms with Crippen molar-refractivity contribution in [2.45, 2.75) is 0 Å². The number of nitrogens with one attached hydrogen (secondary N) is 1. The molecule has 0 aromatic carbocycles. The molecule has 0 aliphatic rings. The number of hydrogen-bond donors (Lipinski definition) is 1. The van der Waals surface area contributed by atoms with E-state index in [0.29, 0.717) is 6.41 Å². The van der Waals surface area contributed by atoms with Crippen molar-refractivity contribution in [3.8, 4) is 6.19 Å². The zero-order chi connectivity index (χ0) is 4.12. The molecule has 0 unspecified atom stereocenters. The summed E-state index contributed by atoms with van der Waals surface area (Å²) in [6.07, 6.45) is 1.72. The van der Waals surface area contributed by atoms with E-state index in [1.807, 2.05) is 0 Å². The minimum Gasteiger partial charge on any atom is -1.00 e. The average molecular weight is 94.0 g/mol. The summed E-state index contributed by atoms with van der Waals surface area (Å²) in [5.74, 6) is 0. The van der Waals surface area contributed by atoms with Gasteiger partial charge in [0.2, 0.25) is 6.41 Å². The number of nitrogens with zero attached hydrogens (tertiary/aromatic N) is 1. The Morgan fingerprint density at radius 2 is 2.50 bits per heavy atom. The van der Waals surface area contributed by atoms with E-state index < -0.39 is 0 Å². The molecule has 4 heteroatoms. The van der Waals surface area contributed by atoms with Crippen molar-refractivity contribution >= 4 is 6.41 Å². The Hall–Kier alpha value is -0.0400. The molecule has 0 bridgehead atoms. The molecule has 0 aliphatic carbocycles. The summed E-state index contributed by atoms with van der Waals surface area (Å²) in [5, 5.41) is 9.21. The van der Waals surface area contributed by atoms with Crippen LogP contribution in [0, 0.1) is 11.5 Å². The average Bonchev–Trinajstić information content (AvgIpc) is 1.41. The van der Waals surface area contributed by atoms with E-state index >= 15 is 0 Å². The topological polar surface area (TPSA) is 52.9 Å². The van der Waals surface area contributed by atoms with Crippen molar-refractivity contribution in [3.05, 3.63) is 0 Å². The third-order valence-electron chi connectivity index (χ3n) is 0.123. The maximum absolute atomic E-state index is 9.07. The van der Waals surface area contributed by atoms with E-state index in [-0.39, 0.29) is 31.0 Å². The Morgan fingerprint density at radius 1 is 2.00 bits per heavy atom. The number of carbonyl (C=O) groups is 1. The molecule has 3 nitrogen and oxygen atoms in total. The van der Waals surface area contributed by atoms with Gasteiger partial charge in [0.05, 0.1) is 0 Å². The molecule has 0 spiro atoms. The molecule has 28 valence electrons. The second-order valence-corrected chi connectivity index (χ2v) is 0.374. The first kappa shape index (κ1) is 9.35. The summed E-state index contributed by atoms with van der Waals surface area (Å²) < 4.78 is 0. The van der Waals surface area contributed by atoms with Crippen molar-refractivity contribution in [1.29, 1.82) is 5.26 Å². The van der Waals surface area contributed by atoms with Gasteiger partial charge in [-0.15, -0.1) is 0 Å². The van der Waals surface area contributed by atoms with Crippen LogP contribution in [0.15, 0.2) is 0 Å². The number of carbonyl (C=O) groups excluding carboxylic acids is 1. The zero-order valence-corrected chi connectivity index (χ0v) is 5.43. The molecular weight excluding hydrogens is 91.0 g/mol. The van der Waals surface area contributed by atoms with Gasteiger partial charge >= 0.3 is 29.6 Å². The Labute approximate surface area is 59.1 Å². The number of rotatable bonds is 1. The molecule has 0 aromatic heterocycles. The van der Waals surface area contributed by atoms with Gasteiger partial charge in [-0.3, -0.25) is 10.1 Å². The molecular formula is C2H3N2NaO. The van der Waals surface area contributed by atoms with Crippen LogP contribution in [-0.4, -0.2) is 6.41 Å². The predicted molar refractivity (Wildman–Crippen MR) is 15.9 cm³/mol. The third-order valence-corrected chi connectivity index (χ3v) is 0.123. The molecule has 0 saturated heterocycles. The fourth-order valence-electron chi connectivity index (χ4n) is 0.0264. The van der Waals surface area contributed by atoms with Crippen LogP contribution in [-0.2, 0) is 4.79 Å². The zero-order valence-electron chi connectivity index (χ0n) is 4.43. The summed E-state index contributed by atoms with van der Waals surface area (Å²) in [5.41, 5.74) is 0. The number of nitriles is 1. The molecule has 0 saturated carbocycles. The Morgan fingerprint density at radius 3 is 2.50 bits per heavy atom. The molecule has 1 N–H and O–H groups in total. The first-order chi connectivity index (χ1) is 2.41. The van der Waals surface area contributed by atoms with Crippen LogP contribution in [0.2, 0.25) is 0 Å². The van der Waals surface area contributed by atoms with Crippen molar-refractivity contribution in [2.75, 3.05) is 0 Å². The van der Waals surface area contributed by atoms with Crippen molar-refractivity contribution in [1.82, 2.24) is 5.32 Å². The largest absolute Gasteiger partial charge is 1.00 e. The molecule has 0 rings (SSSR count). The predicted octanol–water partition coefficient (Wildman–Crippen LogP) is -3.67. The van der Waals surface area contributed by atoms with Gasteiger partial charge in [0.1, 0.15) is 0 Å². The fourth-order valence-corrected chi connectivity index (χ4v) is 0.0264. The van der Waals surface area contributed by atoms with E-state index in [1.165, 1.54) is 6.19 Å². The summed E-state index contributed by atoms with van der Waals surface area (Å²) >= 11 is 0. The van der Waals surface area contributed by atoms with Crippen LogP contribution in [0.4, 0.5) is 0 Å². The second-order valence-electron chi connectivity index (χ2n) is 0.374. The van der Waals surface area contributed by atoms with Crippen LogP contribution >= 0.6 is 0 Å². The van der Waals surface area contributed by atoms with Gasteiger partial charge < -0.3 is 1.43 Å². The quantitative estimate of drug-likeness (QED) is 0.157. The number of hydrogen-bond acceptors (Lipinski definition) is 2. The molecule has 0 aliphatic heterocycles. The first-order valence-corrected chi connectivity index (χ1v) is 0.998. The van der Waals surface area contributed by atoms with Gasteiger partial charge in [-0.25, -0.2) is 0 Å². The van der Waals surface area contributed by atoms with Crippen molar-refractivity contribution < 1.29 is 35.8 Å². The SMILES string of the molecule is N#CNC=O.[H-].[Na+]. The van der Waals surface area contributed by atoms with E-state index in [1.54, 1.807) is 5.32 Å². The van der Waals surface area contributed by atoms with Crippen LogP contribution in [0.5, 0.6) is 0 Å². The van der Waals surface area contributed by atoms with Crippen molar-refractivity contribution in [2.24, 2.45) is 0 Å². The minimum atomic E-state index is 0. The van der Waals surface area contributed by atoms with Crippen LogP contribution in [0.1, 0.15) is 1.43 Å². The molecule has 0 radical (unpaired) electrons. The van der Waals surface area contributed by atoms with E-state index in [9.17, 15) is 0 Å². The molecule has 0 fully saturated rings. The van der Waals surface area contributed by atoms with Gasteiger partial charge in [-0.1, -0.05) is 0 Å². The standard InChI is InChI=1S/C2H2N2O.Na.H/c3-1-4-2-5;;/h2H,(H,4,5);;/q;+1;-1. The summed E-state index contributed by atoms with van der Waals surface area (Å²) in [4.78, 5) is 9.07. The molecule has 0 atom stereocenters. The van der Waals surface area contributed by atoms with Gasteiger partial charge in [0.15, 0.2) is 6.19 Å². The normalized spacial score (nSPS) is 3.83. The fraction of sp³-hybridized carbons (Fsp3) is 0. The smallest absolute Gasteiger partial charge is 1.00 e. The van der Waals surface area contributed by atoms with E-state index in [2.05, 4.69) is 0 Å². The first-order valence-electron chi connectivity index (χ1n) is 0.998. The maximum Gasteiger partial charge on any atom is 1.00 e. The van der Waals surface area contributed by atoms with E-state index in [0.717, 1.165) is 0 Å². The van der Waals surface area contributed by atoms with Gasteiger partial charge in [-0.05, 0) is 0 Å². The number of amides is 1. The summed E-state index contributed by atoms with van der Waals surface area (Å²) in [7, 11) is 0. The monoisotopic (exact) mass is 94.0 g/mol. The van der Waals surface area contributed by atoms with Crippen LogP contribution < -0.4 is 34.9 Å². The van der Waals surface area contributed by atoms with Crippen LogP contribution in [0.25, 0.3) is 0 Å². The molecule has 0 heterocycles. The summed E-state index contributed by atoms with van der Waals surface area (Å²) in [6, 6.07) is 0. The Kier molecular flexibility index (Phi) is 13.8. The summed E-state index contributed by atoms with van der Waals surface area (Å²) in [6.45, 7) is 0. The maximum atomic E-state index is 9.07. The Balaban J connectivity index is -0.0000000800. The van der Waals surface area contributed by atoms with E-state index in [4.69, 9.17) is 10.1 Å². The Bertz CT molecular complexity index is 70.6. The molecule has 0 aromatic rings. The van der Waals surface area contributed by atoms with Crippen molar-refractivity contribution in [3.63, 3.8) is 0 Å². The van der Waals surface area contributed by atoms with Gasteiger partial charge in [0, 0.05) is 0 Å². The molecule has 1 amide bonds. The van der Waals surface area contributed by atoms with Gasteiger partial charge in [0.25, 0.3) is 0 Å². The van der Waals surface area contributed by atoms with Crippen LogP contribution in [0.3, 0.4) is 0 Å². The third kappa shape index (κ3) is 9.03. The molecule has 6 heavy (non-hydrogen) atoms. The minimum absolute atomic E-state index is 0. The second kappa shape index (κ2) is 8.88. The van der Waals surface area contributed by atoms with Gasteiger partial charge in [-0.2, -0.15) is 5.26 Å².